The van der Waals surface area contributed by atoms with Crippen LogP contribution in [0.3, 0.4) is 0 Å². The van der Waals surface area contributed by atoms with Crippen molar-refractivity contribution < 1.29 is 28.9 Å². The van der Waals surface area contributed by atoms with Crippen LogP contribution in [0.1, 0.15) is 26.2 Å². The summed E-state index contributed by atoms with van der Waals surface area (Å²) in [6, 6.07) is 6.54. The molecule has 0 saturated carbocycles. The molecule has 2 aliphatic heterocycles. The number of ether oxygens (including phenoxy) is 3. The largest absolute Gasteiger partial charge is 0.497 e. The van der Waals surface area contributed by atoms with Crippen LogP contribution in [0.5, 0.6) is 5.75 Å². The van der Waals surface area contributed by atoms with Crippen molar-refractivity contribution in [1.29, 1.82) is 0 Å². The highest BCUT2D eigenvalue weighted by Gasteiger charge is 2.40. The first kappa shape index (κ1) is 22.3. The highest BCUT2D eigenvalue weighted by molar-refractivity contribution is 5.89. The predicted molar refractivity (Wildman–Crippen MR) is 111 cm³/mol. The van der Waals surface area contributed by atoms with E-state index in [2.05, 4.69) is 10.6 Å². The number of anilines is 1. The maximum Gasteiger partial charge on any atom is 0.322 e. The summed E-state index contributed by atoms with van der Waals surface area (Å²) in [4.78, 5) is 26.6. The molecule has 3 amide bonds. The third kappa shape index (κ3) is 5.84. The average molecular weight is 421 g/mol. The summed E-state index contributed by atoms with van der Waals surface area (Å²) in [5, 5.41) is 15.9. The van der Waals surface area contributed by atoms with Crippen LogP contribution in [0.4, 0.5) is 10.5 Å². The zero-order chi connectivity index (χ0) is 21.5. The van der Waals surface area contributed by atoms with Crippen molar-refractivity contribution in [2.24, 2.45) is 0 Å². The van der Waals surface area contributed by atoms with Crippen molar-refractivity contribution in [1.82, 2.24) is 10.2 Å². The number of amides is 3. The van der Waals surface area contributed by atoms with Crippen molar-refractivity contribution in [3.8, 4) is 5.75 Å². The maximum absolute atomic E-state index is 13.1. The van der Waals surface area contributed by atoms with Gasteiger partial charge in [-0.15, -0.1) is 0 Å². The van der Waals surface area contributed by atoms with E-state index in [-0.39, 0.29) is 56.4 Å². The SMILES string of the molecule is CCNC(=O)C[C@H]1CC[C@@H]2[C@H](COC[C@H](O)CN2C(=O)Nc2cccc(OC)c2)O1. The maximum atomic E-state index is 13.1. The molecule has 9 nitrogen and oxygen atoms in total. The molecule has 2 heterocycles. The van der Waals surface area contributed by atoms with Gasteiger partial charge >= 0.3 is 6.03 Å². The number of rotatable bonds is 5. The zero-order valence-electron chi connectivity index (χ0n) is 17.5. The van der Waals surface area contributed by atoms with E-state index in [0.717, 1.165) is 0 Å². The summed E-state index contributed by atoms with van der Waals surface area (Å²) in [5.41, 5.74) is 0.606. The summed E-state index contributed by atoms with van der Waals surface area (Å²) in [7, 11) is 1.57. The number of carbonyl (C=O) groups is 2. The van der Waals surface area contributed by atoms with Gasteiger partial charge in [0.1, 0.15) is 11.9 Å². The Bertz CT molecular complexity index is 730. The monoisotopic (exact) mass is 421 g/mol. The molecular weight excluding hydrogens is 390 g/mol. The number of aliphatic hydroxyl groups is 1. The number of methoxy groups -OCH3 is 1. The molecule has 2 aliphatic rings. The van der Waals surface area contributed by atoms with Gasteiger partial charge in [-0.1, -0.05) is 6.07 Å². The fourth-order valence-corrected chi connectivity index (χ4v) is 3.95. The smallest absolute Gasteiger partial charge is 0.322 e. The Morgan fingerprint density at radius 3 is 2.90 bits per heavy atom. The Balaban J connectivity index is 1.70. The Hall–Kier alpha value is -2.36. The number of carbonyl (C=O) groups excluding carboxylic acids is 2. The minimum Gasteiger partial charge on any atom is -0.497 e. The predicted octanol–water partition coefficient (Wildman–Crippen LogP) is 1.36. The van der Waals surface area contributed by atoms with Gasteiger partial charge in [0, 0.05) is 18.3 Å². The van der Waals surface area contributed by atoms with Crippen molar-refractivity contribution in [3.63, 3.8) is 0 Å². The minimum absolute atomic E-state index is 0.0456. The van der Waals surface area contributed by atoms with Crippen molar-refractivity contribution >= 4 is 17.6 Å². The summed E-state index contributed by atoms with van der Waals surface area (Å²) in [6.45, 7) is 2.98. The first-order chi connectivity index (χ1) is 14.5. The van der Waals surface area contributed by atoms with E-state index < -0.39 is 6.10 Å². The van der Waals surface area contributed by atoms with Crippen LogP contribution in [0.25, 0.3) is 0 Å². The number of hydrogen-bond donors (Lipinski definition) is 3. The van der Waals surface area contributed by atoms with Crippen LogP contribution in [0.2, 0.25) is 0 Å². The minimum atomic E-state index is -0.782. The Morgan fingerprint density at radius 2 is 2.13 bits per heavy atom. The van der Waals surface area contributed by atoms with Crippen LogP contribution in [0.15, 0.2) is 24.3 Å². The molecule has 0 spiro atoms. The van der Waals surface area contributed by atoms with Gasteiger partial charge in [-0.2, -0.15) is 0 Å². The lowest BCUT2D eigenvalue weighted by atomic mass is 9.95. The molecule has 0 unspecified atom stereocenters. The molecule has 2 fully saturated rings. The van der Waals surface area contributed by atoms with Crippen molar-refractivity contribution in [3.05, 3.63) is 24.3 Å². The van der Waals surface area contributed by atoms with Gasteiger partial charge in [0.2, 0.25) is 5.91 Å². The summed E-state index contributed by atoms with van der Waals surface area (Å²) < 4.78 is 16.9. The molecule has 0 aliphatic carbocycles. The van der Waals surface area contributed by atoms with Gasteiger partial charge in [0.25, 0.3) is 0 Å². The number of nitrogens with zero attached hydrogens (tertiary/aromatic N) is 1. The highest BCUT2D eigenvalue weighted by atomic mass is 16.5. The molecular formula is C21H31N3O6. The molecule has 2 saturated heterocycles. The van der Waals surface area contributed by atoms with E-state index in [1.54, 1.807) is 36.3 Å². The van der Waals surface area contributed by atoms with Gasteiger partial charge in [-0.25, -0.2) is 4.79 Å². The lowest BCUT2D eigenvalue weighted by Crippen LogP contribution is -2.58. The zero-order valence-corrected chi connectivity index (χ0v) is 17.5. The lowest BCUT2D eigenvalue weighted by molar-refractivity contribution is -0.149. The molecule has 3 rings (SSSR count). The van der Waals surface area contributed by atoms with Crippen LogP contribution in [-0.4, -0.2) is 79.7 Å². The van der Waals surface area contributed by atoms with Gasteiger partial charge in [0.15, 0.2) is 0 Å². The third-order valence-electron chi connectivity index (χ3n) is 5.35. The molecule has 0 radical (unpaired) electrons. The quantitative estimate of drug-likeness (QED) is 0.662. The normalized spacial score (nSPS) is 26.7. The number of nitrogens with one attached hydrogen (secondary N) is 2. The summed E-state index contributed by atoms with van der Waals surface area (Å²) in [5.74, 6) is 0.594. The van der Waals surface area contributed by atoms with E-state index in [1.807, 2.05) is 6.92 Å². The lowest BCUT2D eigenvalue weighted by Gasteiger charge is -2.44. The summed E-state index contributed by atoms with van der Waals surface area (Å²) in [6.07, 6.45) is 0.245. The van der Waals surface area contributed by atoms with E-state index in [9.17, 15) is 14.7 Å². The Labute approximate surface area is 176 Å². The standard InChI is InChI=1S/C21H31N3O6/c1-3-22-20(26)10-17-7-8-18-19(30-17)13-29-12-15(25)11-24(18)21(27)23-14-5-4-6-16(9-14)28-2/h4-6,9,15,17-19,25H,3,7-8,10-13H2,1-2H3,(H,22,26)(H,23,27)/t15-,17-,18-,19+/m1/s1. The van der Waals surface area contributed by atoms with Crippen LogP contribution >= 0.6 is 0 Å². The van der Waals surface area contributed by atoms with Crippen molar-refractivity contribution in [2.75, 3.05) is 38.7 Å². The topological polar surface area (TPSA) is 109 Å². The molecule has 0 aromatic heterocycles. The van der Waals surface area contributed by atoms with Gasteiger partial charge < -0.3 is 34.9 Å². The van der Waals surface area contributed by atoms with Gasteiger partial charge in [0.05, 0.1) is 51.5 Å². The average Bonchev–Trinajstić information content (AvgIpc) is 2.71. The fourth-order valence-electron chi connectivity index (χ4n) is 3.95. The van der Waals surface area contributed by atoms with E-state index in [0.29, 0.717) is 30.8 Å². The van der Waals surface area contributed by atoms with Gasteiger partial charge in [-0.05, 0) is 31.9 Å². The number of urea groups is 1. The number of fused-ring (bicyclic) bond motifs is 1. The second kappa shape index (κ2) is 10.6. The Morgan fingerprint density at radius 1 is 1.30 bits per heavy atom. The summed E-state index contributed by atoms with van der Waals surface area (Å²) >= 11 is 0. The third-order valence-corrected chi connectivity index (χ3v) is 5.35. The second-order valence-corrected chi connectivity index (χ2v) is 7.60. The van der Waals surface area contributed by atoms with Gasteiger partial charge in [-0.3, -0.25) is 4.79 Å². The molecule has 1 aromatic rings. The van der Waals surface area contributed by atoms with E-state index >= 15 is 0 Å². The second-order valence-electron chi connectivity index (χ2n) is 7.60. The highest BCUT2D eigenvalue weighted by Crippen LogP contribution is 2.28. The molecule has 30 heavy (non-hydrogen) atoms. The van der Waals surface area contributed by atoms with E-state index in [1.165, 1.54) is 0 Å². The molecule has 1 aromatic carbocycles. The number of benzene rings is 1. The fraction of sp³-hybridized carbons (Fsp3) is 0.619. The first-order valence-corrected chi connectivity index (χ1v) is 10.4. The molecule has 9 heteroatoms. The number of β-amino-alcohol motifs (C(OH)–C–C–N with tert-alkyl or cyclic N) is 1. The van der Waals surface area contributed by atoms with Crippen LogP contribution < -0.4 is 15.4 Å². The van der Waals surface area contributed by atoms with Crippen LogP contribution in [-0.2, 0) is 14.3 Å². The van der Waals surface area contributed by atoms with Crippen LogP contribution in [0, 0.1) is 0 Å². The van der Waals surface area contributed by atoms with E-state index in [4.69, 9.17) is 14.2 Å². The first-order valence-electron chi connectivity index (χ1n) is 10.4. The Kier molecular flexibility index (Phi) is 7.89. The number of aliphatic hydroxyl groups excluding tert-OH is 1. The molecule has 0 bridgehead atoms. The number of hydrogen-bond acceptors (Lipinski definition) is 6. The molecule has 3 N–H and O–H groups in total. The molecule has 4 atom stereocenters. The molecule has 166 valence electrons. The van der Waals surface area contributed by atoms with Crippen molar-refractivity contribution in [2.45, 2.75) is 50.5 Å².